The van der Waals surface area contributed by atoms with Crippen molar-refractivity contribution in [2.75, 3.05) is 88.1 Å². The van der Waals surface area contributed by atoms with E-state index in [9.17, 15) is 40.0 Å². The van der Waals surface area contributed by atoms with Crippen LogP contribution in [-0.2, 0) is 67.5 Å². The number of hydrogen-bond acceptors (Lipinski definition) is 19. The fourth-order valence-corrected chi connectivity index (χ4v) is 8.76. The van der Waals surface area contributed by atoms with Crippen molar-refractivity contribution >= 4 is 62.2 Å². The summed E-state index contributed by atoms with van der Waals surface area (Å²) in [5, 5.41) is 0. The lowest BCUT2D eigenvalue weighted by Crippen LogP contribution is -2.34. The molecule has 2 saturated heterocycles. The Kier molecular flexibility index (Phi) is 21.7. The fourth-order valence-electron chi connectivity index (χ4n) is 8.01. The van der Waals surface area contributed by atoms with E-state index in [-0.39, 0.29) is 95.9 Å². The lowest BCUT2D eigenvalue weighted by molar-refractivity contribution is -0.160. The van der Waals surface area contributed by atoms with Gasteiger partial charge in [-0.2, -0.15) is 0 Å². The van der Waals surface area contributed by atoms with Gasteiger partial charge in [-0.05, 0) is 72.5 Å². The van der Waals surface area contributed by atoms with Crippen molar-refractivity contribution in [3.8, 4) is 22.5 Å². The molecule has 2 aliphatic heterocycles. The number of esters is 2. The molecular formula is C53H66F2N6O15S2. The highest BCUT2D eigenvalue weighted by atomic mass is 32.2. The number of ether oxygens (including phenoxy) is 8. The predicted molar refractivity (Wildman–Crippen MR) is 284 cm³/mol. The van der Waals surface area contributed by atoms with Gasteiger partial charge in [-0.3, -0.25) is 9.59 Å². The molecule has 25 heteroatoms. The maximum absolute atomic E-state index is 13.9. The number of hydrogen-bond donors (Lipinski definition) is 0. The fraction of sp³-hybridized carbons (Fsp3) is 0.491. The van der Waals surface area contributed by atoms with Crippen molar-refractivity contribution in [2.24, 2.45) is 0 Å². The molecule has 78 heavy (non-hydrogen) atoms. The van der Waals surface area contributed by atoms with Crippen molar-refractivity contribution < 1.29 is 77.9 Å². The molecule has 4 unspecified atom stereocenters. The number of rotatable bonds is 26. The van der Waals surface area contributed by atoms with E-state index in [4.69, 9.17) is 37.9 Å². The van der Waals surface area contributed by atoms with Gasteiger partial charge in [0, 0.05) is 49.2 Å². The van der Waals surface area contributed by atoms with Crippen molar-refractivity contribution in [2.45, 2.75) is 89.6 Å². The van der Waals surface area contributed by atoms with Crippen LogP contribution >= 0.6 is 0 Å². The second kappa shape index (κ2) is 27.9. The van der Waals surface area contributed by atoms with Gasteiger partial charge in [0.05, 0.1) is 100 Å². The summed E-state index contributed by atoms with van der Waals surface area (Å²) in [7, 11) is -4.74. The van der Waals surface area contributed by atoms with Crippen molar-refractivity contribution in [3.63, 3.8) is 0 Å². The zero-order chi connectivity index (χ0) is 56.7. The zero-order valence-corrected chi connectivity index (χ0v) is 46.4. The molecule has 4 heterocycles. The Hall–Kier alpha value is -6.51. The molecule has 0 spiro atoms. The van der Waals surface area contributed by atoms with Crippen LogP contribution in [0.15, 0.2) is 60.7 Å². The van der Waals surface area contributed by atoms with Crippen LogP contribution in [0.4, 0.5) is 25.5 Å². The third-order valence-corrected chi connectivity index (χ3v) is 14.5. The minimum Gasteiger partial charge on any atom is -0.458 e. The number of carbonyl (C=O) groups is 3. The average molecular weight is 1130 g/mol. The first-order chi connectivity index (χ1) is 37.0. The number of benzene rings is 2. The highest BCUT2D eigenvalue weighted by molar-refractivity contribution is 7.92. The molecule has 4 atom stereocenters. The summed E-state index contributed by atoms with van der Waals surface area (Å²) < 4.78 is 124. The number of anilines is 2. The molecule has 0 saturated carbocycles. The summed E-state index contributed by atoms with van der Waals surface area (Å²) in [5.41, 5.74) is 3.83. The van der Waals surface area contributed by atoms with E-state index in [2.05, 4.69) is 19.9 Å². The summed E-state index contributed by atoms with van der Waals surface area (Å²) in [4.78, 5) is 56.0. The minimum absolute atomic E-state index is 0.0414. The molecule has 2 aromatic heterocycles. The second-order valence-electron chi connectivity index (χ2n) is 18.9. The van der Waals surface area contributed by atoms with Crippen LogP contribution in [0.1, 0.15) is 87.7 Å². The molecule has 0 amide bonds. The van der Waals surface area contributed by atoms with Crippen LogP contribution < -0.4 is 8.61 Å². The summed E-state index contributed by atoms with van der Waals surface area (Å²) in [5.74, 6) is -2.47. The highest BCUT2D eigenvalue weighted by Crippen LogP contribution is 2.34. The number of halogens is 2. The van der Waals surface area contributed by atoms with Gasteiger partial charge >= 0.3 is 18.1 Å². The first-order valence-corrected chi connectivity index (χ1v) is 28.8. The maximum atomic E-state index is 13.9. The monoisotopic (exact) mass is 1130 g/mol. The lowest BCUT2D eigenvalue weighted by atomic mass is 9.97. The standard InChI is InChI=1S/C53H66F2N6O15S2/c1-33(2)47-43(49(35-9-13-37(54)14-10-35)58-51(56-47)60(5)77(7,65)66)19-17-39-29-41(31-45(62)74-39)72-27-25-70-23-21-69-22-24-71-26-28-73-53(64)76-42-30-40(75-46(63)32-42)18-20-44-48(34(3)4)57-52(61(6)78(8,67)68)59-50(44)36-11-15-38(55)16-12-36/h9-20,33-34,39-42H,21-32H2,1-8H3/b19-17+,20-18+. The van der Waals surface area contributed by atoms with Crippen LogP contribution in [0.25, 0.3) is 34.7 Å². The van der Waals surface area contributed by atoms with E-state index < -0.39 is 74.2 Å². The van der Waals surface area contributed by atoms with Gasteiger partial charge in [0.2, 0.25) is 31.9 Å². The normalized spacial score (nSPS) is 18.2. The van der Waals surface area contributed by atoms with Crippen molar-refractivity contribution in [1.29, 1.82) is 0 Å². The van der Waals surface area contributed by atoms with Gasteiger partial charge < -0.3 is 37.9 Å². The summed E-state index contributed by atoms with van der Waals surface area (Å²) in [6.45, 7) is 8.87. The molecule has 4 aromatic rings. The SMILES string of the molecule is CC(C)c1nc(N(C)S(C)(=O)=O)nc(-c2ccc(F)cc2)c1/C=C/C1CC(OCCOCCOCCOCCOC(=O)OC2CC(=O)OC(/C=C/c3c(-c4ccc(F)cc4)nc(N(C)S(C)(=O)=O)nc3C(C)C)C2)CC(=O)O1. The van der Waals surface area contributed by atoms with E-state index in [0.29, 0.717) is 51.5 Å². The van der Waals surface area contributed by atoms with Gasteiger partial charge in [0.15, 0.2) is 0 Å². The maximum Gasteiger partial charge on any atom is 0.508 e. The Bertz CT molecular complexity index is 3000. The average Bonchev–Trinajstić information content (AvgIpc) is 3.42. The Balaban J connectivity index is 0.882. The summed E-state index contributed by atoms with van der Waals surface area (Å²) in [6.07, 6.45) is 5.34. The largest absolute Gasteiger partial charge is 0.508 e. The molecule has 424 valence electrons. The van der Waals surface area contributed by atoms with Gasteiger partial charge in [-0.15, -0.1) is 0 Å². The number of nitrogens with zero attached hydrogens (tertiary/aromatic N) is 6. The smallest absolute Gasteiger partial charge is 0.458 e. The van der Waals surface area contributed by atoms with Gasteiger partial charge in [-0.25, -0.2) is 59.0 Å². The zero-order valence-electron chi connectivity index (χ0n) is 44.8. The van der Waals surface area contributed by atoms with E-state index in [1.54, 1.807) is 36.4 Å². The number of aromatic nitrogens is 4. The van der Waals surface area contributed by atoms with Crippen LogP contribution in [0, 0.1) is 11.6 Å². The van der Waals surface area contributed by atoms with Gasteiger partial charge in [0.25, 0.3) is 0 Å². The number of carbonyl (C=O) groups excluding carboxylic acids is 3. The minimum atomic E-state index is -3.73. The third kappa shape index (κ3) is 17.8. The molecule has 21 nitrogen and oxygen atoms in total. The number of cyclic esters (lactones) is 2. The van der Waals surface area contributed by atoms with E-state index in [1.807, 2.05) is 27.7 Å². The Labute approximate surface area is 453 Å². The molecular weight excluding hydrogens is 1060 g/mol. The Morgan fingerprint density at radius 2 is 1.00 bits per heavy atom. The lowest BCUT2D eigenvalue weighted by Gasteiger charge is -2.27. The summed E-state index contributed by atoms with van der Waals surface area (Å²) in [6, 6.07) is 11.2. The molecule has 2 aliphatic rings. The molecule has 0 radical (unpaired) electrons. The van der Waals surface area contributed by atoms with E-state index in [1.165, 1.54) is 50.5 Å². The molecule has 0 N–H and O–H groups in total. The van der Waals surface area contributed by atoms with Crippen LogP contribution in [-0.4, -0.2) is 159 Å². The molecule has 0 aliphatic carbocycles. The topological polar surface area (TPSA) is 251 Å². The van der Waals surface area contributed by atoms with Crippen LogP contribution in [0.5, 0.6) is 0 Å². The molecule has 2 fully saturated rings. The third-order valence-electron chi connectivity index (χ3n) is 12.1. The molecule has 6 rings (SSSR count). The van der Waals surface area contributed by atoms with Crippen LogP contribution in [0.3, 0.4) is 0 Å². The van der Waals surface area contributed by atoms with Crippen molar-refractivity contribution in [3.05, 3.63) is 94.8 Å². The molecule has 0 bridgehead atoms. The van der Waals surface area contributed by atoms with Gasteiger partial charge in [0.1, 0.15) is 36.6 Å². The first-order valence-electron chi connectivity index (χ1n) is 25.1. The van der Waals surface area contributed by atoms with E-state index in [0.717, 1.165) is 21.1 Å². The van der Waals surface area contributed by atoms with E-state index >= 15 is 0 Å². The second-order valence-corrected chi connectivity index (χ2v) is 23.0. The Morgan fingerprint density at radius 3 is 1.41 bits per heavy atom. The van der Waals surface area contributed by atoms with Crippen LogP contribution in [0.2, 0.25) is 0 Å². The Morgan fingerprint density at radius 1 is 0.615 bits per heavy atom. The quantitative estimate of drug-likeness (QED) is 0.0348. The summed E-state index contributed by atoms with van der Waals surface area (Å²) >= 11 is 0. The van der Waals surface area contributed by atoms with Gasteiger partial charge in [-0.1, -0.05) is 39.8 Å². The van der Waals surface area contributed by atoms with Crippen molar-refractivity contribution in [1.82, 2.24) is 19.9 Å². The predicted octanol–water partition coefficient (Wildman–Crippen LogP) is 7.01. The number of sulfonamides is 2. The first kappa shape index (κ1) is 60.7. The highest BCUT2D eigenvalue weighted by Gasteiger charge is 2.32. The molecule has 2 aromatic carbocycles.